The van der Waals surface area contributed by atoms with E-state index in [1.165, 1.54) is 4.68 Å². The van der Waals surface area contributed by atoms with Gasteiger partial charge in [-0.1, -0.05) is 42.2 Å². The zero-order valence-corrected chi connectivity index (χ0v) is 17.9. The monoisotopic (exact) mass is 438 g/mol. The zero-order chi connectivity index (χ0) is 21.3. The van der Waals surface area contributed by atoms with Crippen LogP contribution in [0.3, 0.4) is 0 Å². The van der Waals surface area contributed by atoms with Crippen LogP contribution in [0.5, 0.6) is 11.6 Å². The van der Waals surface area contributed by atoms with E-state index >= 15 is 0 Å². The first kappa shape index (κ1) is 21.1. The number of nitrogens with one attached hydrogen (secondary N) is 1. The minimum Gasteiger partial charge on any atom is -0.434 e. The summed E-state index contributed by atoms with van der Waals surface area (Å²) in [6.07, 6.45) is 1.00. The van der Waals surface area contributed by atoms with E-state index in [0.717, 1.165) is 11.1 Å². The molecule has 0 aliphatic rings. The fourth-order valence-corrected chi connectivity index (χ4v) is 3.46. The van der Waals surface area contributed by atoms with Crippen LogP contribution < -0.4 is 16.1 Å². The lowest BCUT2D eigenvalue weighted by Crippen LogP contribution is -2.24. The van der Waals surface area contributed by atoms with E-state index in [4.69, 9.17) is 27.9 Å². The first-order valence-corrected chi connectivity index (χ1v) is 9.71. The molecule has 0 saturated carbocycles. The maximum absolute atomic E-state index is 12.2. The average molecular weight is 439 g/mol. The van der Waals surface area contributed by atoms with Gasteiger partial charge in [-0.25, -0.2) is 9.48 Å². The van der Waals surface area contributed by atoms with Crippen LogP contribution in [0.2, 0.25) is 10.0 Å². The number of aromatic amines is 1. The Labute approximate surface area is 176 Å². The van der Waals surface area contributed by atoms with Gasteiger partial charge in [0.05, 0.1) is 10.0 Å². The third-order valence-corrected chi connectivity index (χ3v) is 5.28. The lowest BCUT2D eigenvalue weighted by atomic mass is 10.0. The van der Waals surface area contributed by atoms with E-state index < -0.39 is 5.76 Å². The van der Waals surface area contributed by atoms with Crippen LogP contribution in [-0.2, 0) is 19.9 Å². The topological polar surface area (TPSA) is 103 Å². The quantitative estimate of drug-likeness (QED) is 0.627. The minimum absolute atomic E-state index is 0.0112. The highest BCUT2D eigenvalue weighted by molar-refractivity contribution is 6.37. The van der Waals surface area contributed by atoms with Crippen LogP contribution >= 0.6 is 23.2 Å². The first-order chi connectivity index (χ1) is 13.7. The average Bonchev–Trinajstić information content (AvgIpc) is 3.08. The normalized spacial score (nSPS) is 11.3. The fraction of sp³-hybridized carbons (Fsp3) is 0.368. The molecule has 0 atom stereocenters. The molecule has 0 bridgehead atoms. The van der Waals surface area contributed by atoms with E-state index in [1.807, 2.05) is 20.8 Å². The van der Waals surface area contributed by atoms with Crippen molar-refractivity contribution in [3.63, 3.8) is 0 Å². The molecule has 10 heteroatoms. The number of halogens is 2. The van der Waals surface area contributed by atoms with Crippen LogP contribution in [-0.4, -0.2) is 19.9 Å². The van der Waals surface area contributed by atoms with Crippen molar-refractivity contribution in [2.24, 2.45) is 7.05 Å². The van der Waals surface area contributed by atoms with Crippen LogP contribution in [0, 0.1) is 6.92 Å². The summed E-state index contributed by atoms with van der Waals surface area (Å²) in [6, 6.07) is 3.35. The molecule has 2 heterocycles. The van der Waals surface area contributed by atoms with Gasteiger partial charge in [-0.3, -0.25) is 14.3 Å². The molecule has 8 nitrogen and oxygen atoms in total. The Bertz CT molecular complexity index is 1160. The first-order valence-electron chi connectivity index (χ1n) is 8.95. The molecular weight excluding hydrogens is 419 g/mol. The molecule has 3 aromatic rings. The molecule has 0 fully saturated rings. The van der Waals surface area contributed by atoms with Gasteiger partial charge in [0.1, 0.15) is 0 Å². The second-order valence-electron chi connectivity index (χ2n) is 6.95. The van der Waals surface area contributed by atoms with Crippen LogP contribution in [0.4, 0.5) is 0 Å². The number of ether oxygens (including phenoxy) is 1. The van der Waals surface area contributed by atoms with Crippen molar-refractivity contribution in [2.75, 3.05) is 0 Å². The molecule has 0 radical (unpaired) electrons. The molecule has 1 aromatic carbocycles. The fourth-order valence-electron chi connectivity index (χ4n) is 2.89. The molecule has 29 heavy (non-hydrogen) atoms. The van der Waals surface area contributed by atoms with Gasteiger partial charge < -0.3 is 4.74 Å². The molecule has 0 saturated heterocycles. The Morgan fingerprint density at radius 3 is 2.59 bits per heavy atom. The Kier molecular flexibility index (Phi) is 6.14. The second-order valence-corrected chi connectivity index (χ2v) is 7.74. The molecule has 2 aromatic heterocycles. The number of hydrogen-bond donors (Lipinski definition) is 1. The summed E-state index contributed by atoms with van der Waals surface area (Å²) < 4.78 is 11.6. The van der Waals surface area contributed by atoms with E-state index in [0.29, 0.717) is 34.3 Å². The maximum atomic E-state index is 12.2. The van der Waals surface area contributed by atoms with E-state index in [1.54, 1.807) is 19.2 Å². The van der Waals surface area contributed by atoms with Gasteiger partial charge in [-0.2, -0.15) is 0 Å². The molecule has 0 aliphatic carbocycles. The lowest BCUT2D eigenvalue weighted by molar-refractivity contribution is 0.381. The van der Waals surface area contributed by atoms with Crippen molar-refractivity contribution in [1.82, 2.24) is 19.9 Å². The van der Waals surface area contributed by atoms with Gasteiger partial charge in [0.25, 0.3) is 5.56 Å². The number of rotatable bonds is 6. The van der Waals surface area contributed by atoms with Gasteiger partial charge in [-0.15, -0.1) is 5.10 Å². The summed E-state index contributed by atoms with van der Waals surface area (Å²) in [7, 11) is 1.56. The highest BCUT2D eigenvalue weighted by Gasteiger charge is 2.18. The maximum Gasteiger partial charge on any atom is 0.438 e. The van der Waals surface area contributed by atoms with Crippen molar-refractivity contribution in [2.45, 2.75) is 39.5 Å². The Balaban J connectivity index is 1.90. The summed E-state index contributed by atoms with van der Waals surface area (Å²) in [6.45, 7) is 5.68. The SMILES string of the molecule is Cc1c(CCc2noc(=O)[nH]2)cc(Cl)c(Oc2cc(C(C)C)c(=O)n(C)n2)c1Cl. The summed E-state index contributed by atoms with van der Waals surface area (Å²) >= 11 is 12.9. The van der Waals surface area contributed by atoms with Crippen molar-refractivity contribution in [3.05, 3.63) is 65.6 Å². The van der Waals surface area contributed by atoms with Crippen molar-refractivity contribution < 1.29 is 9.26 Å². The third kappa shape index (κ3) is 4.54. The highest BCUT2D eigenvalue weighted by Crippen LogP contribution is 2.40. The number of hydrogen-bond acceptors (Lipinski definition) is 6. The number of H-pyrrole nitrogens is 1. The number of benzene rings is 1. The predicted octanol–water partition coefficient (Wildman–Crippen LogP) is 3.77. The zero-order valence-electron chi connectivity index (χ0n) is 16.4. The summed E-state index contributed by atoms with van der Waals surface area (Å²) in [5.74, 6) is 0.355. The van der Waals surface area contributed by atoms with Crippen molar-refractivity contribution >= 4 is 23.2 Å². The van der Waals surface area contributed by atoms with Crippen LogP contribution in [0.1, 0.15) is 42.3 Å². The molecular formula is C19H20Cl2N4O4. The predicted molar refractivity (Wildman–Crippen MR) is 109 cm³/mol. The Morgan fingerprint density at radius 2 is 1.97 bits per heavy atom. The molecule has 1 N–H and O–H groups in total. The summed E-state index contributed by atoms with van der Waals surface area (Å²) in [5.41, 5.74) is 2.07. The van der Waals surface area contributed by atoms with E-state index in [2.05, 4.69) is 19.8 Å². The lowest BCUT2D eigenvalue weighted by Gasteiger charge is -2.15. The molecule has 154 valence electrons. The largest absolute Gasteiger partial charge is 0.438 e. The minimum atomic E-state index is -0.595. The van der Waals surface area contributed by atoms with Gasteiger partial charge >= 0.3 is 5.76 Å². The summed E-state index contributed by atoms with van der Waals surface area (Å²) in [4.78, 5) is 25.7. The van der Waals surface area contributed by atoms with Crippen molar-refractivity contribution in [1.29, 1.82) is 0 Å². The summed E-state index contributed by atoms with van der Waals surface area (Å²) in [5, 5.41) is 8.44. The third-order valence-electron chi connectivity index (χ3n) is 4.54. The molecule has 3 rings (SSSR count). The molecule has 0 spiro atoms. The molecule has 0 aliphatic heterocycles. The number of nitrogens with zero attached hydrogens (tertiary/aromatic N) is 3. The Morgan fingerprint density at radius 1 is 1.24 bits per heavy atom. The number of aryl methyl sites for hydroxylation is 3. The van der Waals surface area contributed by atoms with Gasteiger partial charge in [0.2, 0.25) is 5.88 Å². The Hall–Kier alpha value is -2.58. The second kappa shape index (κ2) is 8.42. The number of aromatic nitrogens is 4. The van der Waals surface area contributed by atoms with E-state index in [-0.39, 0.29) is 23.1 Å². The smallest absolute Gasteiger partial charge is 0.434 e. The molecule has 0 amide bonds. The van der Waals surface area contributed by atoms with Crippen LogP contribution in [0.25, 0.3) is 0 Å². The van der Waals surface area contributed by atoms with Gasteiger partial charge in [0.15, 0.2) is 11.6 Å². The molecule has 0 unspecified atom stereocenters. The van der Waals surface area contributed by atoms with E-state index in [9.17, 15) is 9.59 Å². The standard InChI is InChI=1S/C19H20Cl2N4O4/c1-9(2)12-8-15(23-25(4)18(12)26)28-17-13(20)7-11(10(3)16(17)21)5-6-14-22-19(27)29-24-14/h7-9H,5-6H2,1-4H3,(H,22,24,27). The van der Waals surface area contributed by atoms with Crippen LogP contribution in [0.15, 0.2) is 26.2 Å². The van der Waals surface area contributed by atoms with Crippen molar-refractivity contribution in [3.8, 4) is 11.6 Å². The highest BCUT2D eigenvalue weighted by atomic mass is 35.5. The van der Waals surface area contributed by atoms with Gasteiger partial charge in [0, 0.05) is 25.1 Å². The van der Waals surface area contributed by atoms with Gasteiger partial charge in [-0.05, 0) is 36.5 Å².